The van der Waals surface area contributed by atoms with Gasteiger partial charge in [0, 0.05) is 26.1 Å². The Balaban J connectivity index is 1.95. The van der Waals surface area contributed by atoms with E-state index in [1.54, 1.807) is 0 Å². The van der Waals surface area contributed by atoms with Crippen LogP contribution in [0.2, 0.25) is 0 Å². The van der Waals surface area contributed by atoms with Gasteiger partial charge in [0.25, 0.3) is 0 Å². The first kappa shape index (κ1) is 9.75. The molecule has 2 rings (SSSR count). The standard InChI is InChI=1S/C8H14N6O/c1-5(15)10-6-2-3-14(4-6)8-11-7(9)12-13-8/h6H,2-4H2,1H3,(H,10,15)(H3,9,11,12,13). The summed E-state index contributed by atoms with van der Waals surface area (Å²) in [6, 6.07) is 0.183. The number of hydrogen-bond donors (Lipinski definition) is 3. The first-order chi connectivity index (χ1) is 7.15. The molecule has 7 heteroatoms. The van der Waals surface area contributed by atoms with Gasteiger partial charge in [-0.3, -0.25) is 4.79 Å². The van der Waals surface area contributed by atoms with Crippen molar-refractivity contribution in [1.82, 2.24) is 20.5 Å². The summed E-state index contributed by atoms with van der Waals surface area (Å²) >= 11 is 0. The number of nitrogens with one attached hydrogen (secondary N) is 2. The Morgan fingerprint density at radius 1 is 1.73 bits per heavy atom. The van der Waals surface area contributed by atoms with Crippen molar-refractivity contribution in [3.8, 4) is 0 Å². The SMILES string of the molecule is CC(=O)NC1CCN(c2n[nH]c(N)n2)C1. The second-order valence-electron chi connectivity index (χ2n) is 3.65. The molecule has 0 aliphatic carbocycles. The Bertz CT molecular complexity index is 362. The molecule has 1 amide bonds. The number of H-pyrrole nitrogens is 1. The molecule has 15 heavy (non-hydrogen) atoms. The number of nitrogens with two attached hydrogens (primary N) is 1. The molecule has 0 saturated carbocycles. The van der Waals surface area contributed by atoms with E-state index in [1.807, 2.05) is 4.90 Å². The maximum atomic E-state index is 10.9. The minimum absolute atomic E-state index is 0.00338. The molecule has 7 nitrogen and oxygen atoms in total. The van der Waals surface area contributed by atoms with Crippen molar-refractivity contribution in [1.29, 1.82) is 0 Å². The number of aromatic nitrogens is 3. The molecule has 0 radical (unpaired) electrons. The van der Waals surface area contributed by atoms with Gasteiger partial charge in [0.05, 0.1) is 0 Å². The molecule has 1 saturated heterocycles. The van der Waals surface area contributed by atoms with Crippen LogP contribution in [0.5, 0.6) is 0 Å². The zero-order chi connectivity index (χ0) is 10.8. The predicted molar refractivity (Wildman–Crippen MR) is 55.2 cm³/mol. The number of anilines is 2. The van der Waals surface area contributed by atoms with E-state index >= 15 is 0 Å². The number of nitrogen functional groups attached to an aromatic ring is 1. The number of hydrogen-bond acceptors (Lipinski definition) is 5. The van der Waals surface area contributed by atoms with Gasteiger partial charge >= 0.3 is 0 Å². The number of rotatable bonds is 2. The van der Waals surface area contributed by atoms with Crippen molar-refractivity contribution in [3.05, 3.63) is 0 Å². The van der Waals surface area contributed by atoms with E-state index in [2.05, 4.69) is 20.5 Å². The molecule has 1 aromatic heterocycles. The summed E-state index contributed by atoms with van der Waals surface area (Å²) in [7, 11) is 0. The monoisotopic (exact) mass is 210 g/mol. The van der Waals surface area contributed by atoms with Gasteiger partial charge in [-0.05, 0) is 6.42 Å². The van der Waals surface area contributed by atoms with E-state index < -0.39 is 0 Å². The van der Waals surface area contributed by atoms with Gasteiger partial charge in [0.15, 0.2) is 0 Å². The quantitative estimate of drug-likeness (QED) is 0.587. The van der Waals surface area contributed by atoms with Gasteiger partial charge in [-0.1, -0.05) is 0 Å². The van der Waals surface area contributed by atoms with E-state index in [0.717, 1.165) is 19.5 Å². The Labute approximate surface area is 87.0 Å². The van der Waals surface area contributed by atoms with Crippen LogP contribution in [0, 0.1) is 0 Å². The second kappa shape index (κ2) is 3.76. The predicted octanol–water partition coefficient (Wildman–Crippen LogP) is -0.898. The minimum atomic E-state index is -0.00338. The Hall–Kier alpha value is -1.79. The highest BCUT2D eigenvalue weighted by Crippen LogP contribution is 2.16. The lowest BCUT2D eigenvalue weighted by Crippen LogP contribution is -2.35. The largest absolute Gasteiger partial charge is 0.368 e. The Morgan fingerprint density at radius 2 is 2.53 bits per heavy atom. The topological polar surface area (TPSA) is 99.9 Å². The smallest absolute Gasteiger partial charge is 0.246 e. The van der Waals surface area contributed by atoms with Gasteiger partial charge in [-0.15, -0.1) is 5.10 Å². The summed E-state index contributed by atoms with van der Waals surface area (Å²) in [6.07, 6.45) is 0.911. The van der Waals surface area contributed by atoms with Gasteiger partial charge in [-0.2, -0.15) is 4.98 Å². The molecule has 0 spiro atoms. The summed E-state index contributed by atoms with van der Waals surface area (Å²) in [6.45, 7) is 3.09. The highest BCUT2D eigenvalue weighted by molar-refractivity contribution is 5.73. The Kier molecular flexibility index (Phi) is 2.44. The van der Waals surface area contributed by atoms with Crippen LogP contribution in [-0.2, 0) is 4.79 Å². The molecule has 1 aliphatic rings. The summed E-state index contributed by atoms with van der Waals surface area (Å²) in [5.41, 5.74) is 5.44. The fourth-order valence-electron chi connectivity index (χ4n) is 1.75. The fourth-order valence-corrected chi connectivity index (χ4v) is 1.75. The molecular weight excluding hydrogens is 196 g/mol. The normalized spacial score (nSPS) is 20.6. The highest BCUT2D eigenvalue weighted by atomic mass is 16.1. The lowest BCUT2D eigenvalue weighted by Gasteiger charge is -2.13. The maximum Gasteiger partial charge on any atom is 0.246 e. The van der Waals surface area contributed by atoms with Crippen LogP contribution in [-0.4, -0.2) is 40.2 Å². The average molecular weight is 210 g/mol. The summed E-state index contributed by atoms with van der Waals surface area (Å²) < 4.78 is 0. The third-order valence-corrected chi connectivity index (χ3v) is 2.37. The van der Waals surface area contributed by atoms with Crippen LogP contribution in [0.25, 0.3) is 0 Å². The third kappa shape index (κ3) is 2.17. The molecular formula is C8H14N6O. The minimum Gasteiger partial charge on any atom is -0.368 e. The molecule has 1 aliphatic heterocycles. The van der Waals surface area contributed by atoms with Crippen LogP contribution in [0.3, 0.4) is 0 Å². The van der Waals surface area contributed by atoms with Crippen molar-refractivity contribution in [3.63, 3.8) is 0 Å². The average Bonchev–Trinajstić information content (AvgIpc) is 2.72. The van der Waals surface area contributed by atoms with Crippen molar-refractivity contribution in [2.75, 3.05) is 23.7 Å². The third-order valence-electron chi connectivity index (χ3n) is 2.37. The number of amides is 1. The molecule has 1 atom stereocenters. The zero-order valence-corrected chi connectivity index (χ0v) is 8.53. The zero-order valence-electron chi connectivity index (χ0n) is 8.53. The van der Waals surface area contributed by atoms with Gasteiger partial charge in [0.1, 0.15) is 0 Å². The van der Waals surface area contributed by atoms with E-state index in [0.29, 0.717) is 11.9 Å². The van der Waals surface area contributed by atoms with Crippen LogP contribution in [0.15, 0.2) is 0 Å². The van der Waals surface area contributed by atoms with Gasteiger partial charge in [0.2, 0.25) is 17.8 Å². The first-order valence-corrected chi connectivity index (χ1v) is 4.85. The summed E-state index contributed by atoms with van der Waals surface area (Å²) in [4.78, 5) is 16.9. The molecule has 0 bridgehead atoms. The molecule has 2 heterocycles. The summed E-state index contributed by atoms with van der Waals surface area (Å²) in [5.74, 6) is 0.907. The van der Waals surface area contributed by atoms with Crippen LogP contribution in [0.4, 0.5) is 11.9 Å². The maximum absolute atomic E-state index is 10.9. The molecule has 0 aromatic carbocycles. The number of aromatic amines is 1. The second-order valence-corrected chi connectivity index (χ2v) is 3.65. The number of carbonyl (C=O) groups is 1. The molecule has 82 valence electrons. The fraction of sp³-hybridized carbons (Fsp3) is 0.625. The lowest BCUT2D eigenvalue weighted by atomic mass is 10.3. The molecule has 4 N–H and O–H groups in total. The van der Waals surface area contributed by atoms with Crippen LogP contribution >= 0.6 is 0 Å². The van der Waals surface area contributed by atoms with E-state index in [-0.39, 0.29) is 11.9 Å². The molecule has 1 fully saturated rings. The van der Waals surface area contributed by atoms with Crippen molar-refractivity contribution < 1.29 is 4.79 Å². The van der Waals surface area contributed by atoms with Gasteiger partial charge < -0.3 is 16.0 Å². The lowest BCUT2D eigenvalue weighted by molar-refractivity contribution is -0.119. The van der Waals surface area contributed by atoms with Crippen molar-refractivity contribution in [2.24, 2.45) is 0 Å². The van der Waals surface area contributed by atoms with Gasteiger partial charge in [-0.25, -0.2) is 5.10 Å². The Morgan fingerprint density at radius 3 is 3.13 bits per heavy atom. The summed E-state index contributed by atoms with van der Waals surface area (Å²) in [5, 5.41) is 9.42. The number of nitrogens with zero attached hydrogens (tertiary/aromatic N) is 3. The van der Waals surface area contributed by atoms with E-state index in [1.165, 1.54) is 6.92 Å². The van der Waals surface area contributed by atoms with Crippen molar-refractivity contribution in [2.45, 2.75) is 19.4 Å². The van der Waals surface area contributed by atoms with E-state index in [9.17, 15) is 4.79 Å². The van der Waals surface area contributed by atoms with Crippen molar-refractivity contribution >= 4 is 17.8 Å². The highest BCUT2D eigenvalue weighted by Gasteiger charge is 2.25. The molecule has 1 aromatic rings. The first-order valence-electron chi connectivity index (χ1n) is 4.85. The number of carbonyl (C=O) groups excluding carboxylic acids is 1. The molecule has 1 unspecified atom stereocenters. The van der Waals surface area contributed by atoms with Crippen LogP contribution in [0.1, 0.15) is 13.3 Å². The van der Waals surface area contributed by atoms with Crippen LogP contribution < -0.4 is 16.0 Å². The van der Waals surface area contributed by atoms with E-state index in [4.69, 9.17) is 5.73 Å².